The number of nitriles is 1. The second-order valence-electron chi connectivity index (χ2n) is 6.68. The normalized spacial score (nSPS) is 11.2. The summed E-state index contributed by atoms with van der Waals surface area (Å²) >= 11 is 0.786. The van der Waals surface area contributed by atoms with Crippen LogP contribution in [-0.4, -0.2) is 26.2 Å². The van der Waals surface area contributed by atoms with Gasteiger partial charge in [0.1, 0.15) is 17.6 Å². The number of rotatable bonds is 6. The van der Waals surface area contributed by atoms with E-state index in [1.807, 2.05) is 41.8 Å². The van der Waals surface area contributed by atoms with Crippen LogP contribution >= 0.6 is 11.8 Å². The average Bonchev–Trinajstić information content (AvgIpc) is 2.96. The number of nitrogens with zero attached hydrogens (tertiary/aromatic N) is 4. The van der Waals surface area contributed by atoms with Crippen LogP contribution in [0.1, 0.15) is 28.1 Å². The Bertz CT molecular complexity index is 1140. The van der Waals surface area contributed by atoms with E-state index in [-0.39, 0.29) is 10.9 Å². The van der Waals surface area contributed by atoms with Crippen molar-refractivity contribution >= 4 is 23.5 Å². The van der Waals surface area contributed by atoms with Gasteiger partial charge in [0, 0.05) is 18.4 Å². The van der Waals surface area contributed by atoms with Gasteiger partial charge in [-0.2, -0.15) is 18.4 Å². The van der Waals surface area contributed by atoms with Crippen molar-refractivity contribution in [3.05, 3.63) is 70.7 Å². The van der Waals surface area contributed by atoms with Gasteiger partial charge in [-0.05, 0) is 31.0 Å². The summed E-state index contributed by atoms with van der Waals surface area (Å²) in [5, 5.41) is 12.2. The zero-order valence-electron chi connectivity index (χ0n) is 16.7. The molecule has 0 unspecified atom stereocenters. The molecule has 0 aliphatic heterocycles. The molecule has 1 aromatic carbocycles. The summed E-state index contributed by atoms with van der Waals surface area (Å²) in [5.74, 6) is -0.327. The van der Waals surface area contributed by atoms with Crippen LogP contribution in [0.2, 0.25) is 0 Å². The number of carbonyl (C=O) groups is 1. The minimum atomic E-state index is -4.59. The number of nitrogens with one attached hydrogen (secondary N) is 1. The van der Waals surface area contributed by atoms with E-state index in [0.717, 1.165) is 40.8 Å². The van der Waals surface area contributed by atoms with E-state index in [1.54, 1.807) is 6.92 Å². The third-order valence-electron chi connectivity index (χ3n) is 4.64. The molecule has 0 atom stereocenters. The van der Waals surface area contributed by atoms with Crippen LogP contribution in [0.3, 0.4) is 0 Å². The molecule has 160 valence electrons. The van der Waals surface area contributed by atoms with Crippen LogP contribution in [0.15, 0.2) is 47.8 Å². The molecule has 0 bridgehead atoms. The number of benzene rings is 1. The van der Waals surface area contributed by atoms with E-state index in [2.05, 4.69) is 21.4 Å². The maximum absolute atomic E-state index is 12.8. The van der Waals surface area contributed by atoms with E-state index < -0.39 is 17.8 Å². The molecule has 1 N–H and O–H groups in total. The summed E-state index contributed by atoms with van der Waals surface area (Å²) in [6, 6.07) is 12.5. The first kappa shape index (κ1) is 22.4. The lowest BCUT2D eigenvalue weighted by molar-refractivity contribution is -0.141. The molecule has 0 fully saturated rings. The van der Waals surface area contributed by atoms with Crippen LogP contribution in [0.4, 0.5) is 19.0 Å². The Morgan fingerprint density at radius 1 is 1.23 bits per heavy atom. The lowest BCUT2D eigenvalue weighted by atomic mass is 10.2. The van der Waals surface area contributed by atoms with Gasteiger partial charge in [0.2, 0.25) is 5.91 Å². The summed E-state index contributed by atoms with van der Waals surface area (Å²) in [5.41, 5.74) is 1.86. The van der Waals surface area contributed by atoms with E-state index >= 15 is 0 Å². The van der Waals surface area contributed by atoms with Crippen LogP contribution in [0, 0.1) is 25.2 Å². The second-order valence-corrected chi connectivity index (χ2v) is 7.62. The molecule has 0 saturated carbocycles. The third kappa shape index (κ3) is 5.24. The minimum absolute atomic E-state index is 0.155. The lowest BCUT2D eigenvalue weighted by Gasteiger charge is -2.13. The highest BCUT2D eigenvalue weighted by molar-refractivity contribution is 7.99. The number of anilines is 1. The number of amides is 1. The zero-order valence-corrected chi connectivity index (χ0v) is 17.5. The van der Waals surface area contributed by atoms with Gasteiger partial charge in [0.25, 0.3) is 0 Å². The number of halogens is 3. The van der Waals surface area contributed by atoms with Crippen LogP contribution < -0.4 is 5.32 Å². The van der Waals surface area contributed by atoms with Gasteiger partial charge >= 0.3 is 6.18 Å². The van der Waals surface area contributed by atoms with Gasteiger partial charge in [0.05, 0.1) is 11.3 Å². The smallest absolute Gasteiger partial charge is 0.326 e. The number of hydrogen-bond donors (Lipinski definition) is 1. The molecule has 31 heavy (non-hydrogen) atoms. The van der Waals surface area contributed by atoms with Crippen molar-refractivity contribution in [1.82, 2.24) is 14.5 Å². The average molecular weight is 445 g/mol. The van der Waals surface area contributed by atoms with Gasteiger partial charge in [0.15, 0.2) is 5.16 Å². The Morgan fingerprint density at radius 3 is 2.58 bits per heavy atom. The highest BCUT2D eigenvalue weighted by atomic mass is 32.2. The molecule has 2 heterocycles. The van der Waals surface area contributed by atoms with Crippen molar-refractivity contribution in [2.24, 2.45) is 0 Å². The Hall–Kier alpha value is -3.32. The van der Waals surface area contributed by atoms with Crippen LogP contribution in [0.5, 0.6) is 0 Å². The largest absolute Gasteiger partial charge is 0.433 e. The molecule has 0 spiro atoms. The first-order chi connectivity index (χ1) is 14.7. The van der Waals surface area contributed by atoms with Crippen molar-refractivity contribution in [3.8, 4) is 6.07 Å². The number of aromatic nitrogens is 3. The molecular formula is C21H18F3N5OS. The van der Waals surface area contributed by atoms with Crippen molar-refractivity contribution in [1.29, 1.82) is 5.26 Å². The van der Waals surface area contributed by atoms with E-state index in [9.17, 15) is 23.2 Å². The van der Waals surface area contributed by atoms with Crippen molar-refractivity contribution in [2.75, 3.05) is 11.1 Å². The summed E-state index contributed by atoms with van der Waals surface area (Å²) < 4.78 is 40.2. The fourth-order valence-electron chi connectivity index (χ4n) is 2.96. The quantitative estimate of drug-likeness (QED) is 0.444. The summed E-state index contributed by atoms with van der Waals surface area (Å²) in [6.45, 7) is 4.12. The molecule has 0 aliphatic carbocycles. The molecule has 0 aliphatic rings. The predicted octanol–water partition coefficient (Wildman–Crippen LogP) is 4.56. The molecule has 3 rings (SSSR count). The van der Waals surface area contributed by atoms with E-state index in [0.29, 0.717) is 17.9 Å². The Kier molecular flexibility index (Phi) is 6.65. The van der Waals surface area contributed by atoms with Crippen molar-refractivity contribution < 1.29 is 18.0 Å². The molecule has 0 radical (unpaired) electrons. The lowest BCUT2D eigenvalue weighted by Crippen LogP contribution is -2.19. The van der Waals surface area contributed by atoms with Crippen LogP contribution in [-0.2, 0) is 17.5 Å². The summed E-state index contributed by atoms with van der Waals surface area (Å²) in [4.78, 5) is 19.7. The zero-order chi connectivity index (χ0) is 22.6. The maximum atomic E-state index is 12.8. The molecule has 2 aromatic heterocycles. The number of alkyl halides is 3. The first-order valence-corrected chi connectivity index (χ1v) is 10.2. The highest BCUT2D eigenvalue weighted by Gasteiger charge is 2.32. The SMILES string of the molecule is Cc1c(C#N)c(NC(=O)CSc2nccc(C(F)(F)F)n2)n(Cc2ccccc2)c1C. The summed E-state index contributed by atoms with van der Waals surface area (Å²) in [6.07, 6.45) is -3.59. The fraction of sp³-hybridized carbons (Fsp3) is 0.238. The van der Waals surface area contributed by atoms with Gasteiger partial charge in [-0.3, -0.25) is 4.79 Å². The monoisotopic (exact) mass is 445 g/mol. The van der Waals surface area contributed by atoms with Crippen molar-refractivity contribution in [2.45, 2.75) is 31.7 Å². The molecule has 1 amide bonds. The predicted molar refractivity (Wildman–Crippen MR) is 111 cm³/mol. The van der Waals surface area contributed by atoms with E-state index in [4.69, 9.17) is 0 Å². The van der Waals surface area contributed by atoms with Gasteiger partial charge in [-0.15, -0.1) is 0 Å². The fourth-order valence-corrected chi connectivity index (χ4v) is 3.59. The summed E-state index contributed by atoms with van der Waals surface area (Å²) in [7, 11) is 0. The third-order valence-corrected chi connectivity index (χ3v) is 5.50. The van der Waals surface area contributed by atoms with Crippen LogP contribution in [0.25, 0.3) is 0 Å². The molecule has 10 heteroatoms. The molecular weight excluding hydrogens is 427 g/mol. The number of hydrogen-bond acceptors (Lipinski definition) is 5. The Morgan fingerprint density at radius 2 is 1.94 bits per heavy atom. The second kappa shape index (κ2) is 9.22. The topological polar surface area (TPSA) is 83.6 Å². The van der Waals surface area contributed by atoms with Gasteiger partial charge in [-0.1, -0.05) is 42.1 Å². The van der Waals surface area contributed by atoms with Gasteiger partial charge < -0.3 is 9.88 Å². The van der Waals surface area contributed by atoms with Crippen molar-refractivity contribution in [3.63, 3.8) is 0 Å². The molecule has 0 saturated heterocycles. The maximum Gasteiger partial charge on any atom is 0.433 e. The van der Waals surface area contributed by atoms with E-state index in [1.165, 1.54) is 0 Å². The number of thioether (sulfide) groups is 1. The first-order valence-electron chi connectivity index (χ1n) is 9.17. The Balaban J connectivity index is 1.78. The molecule has 3 aromatic rings. The number of carbonyl (C=O) groups excluding carboxylic acids is 1. The minimum Gasteiger partial charge on any atom is -0.326 e. The highest BCUT2D eigenvalue weighted by Crippen LogP contribution is 2.29. The van der Waals surface area contributed by atoms with Gasteiger partial charge in [-0.25, -0.2) is 9.97 Å². The Labute approximate surface area is 181 Å². The standard InChI is InChI=1S/C21H18F3N5OS/c1-13-14(2)29(11-15-6-4-3-5-7-15)19(16(13)10-25)28-18(30)12-31-20-26-9-8-17(27-20)21(22,23)24/h3-9H,11-12H2,1-2H3,(H,28,30). The molecule has 6 nitrogen and oxygen atoms in total.